The second-order valence-corrected chi connectivity index (χ2v) is 10.2. The Labute approximate surface area is 215 Å². The van der Waals surface area contributed by atoms with Crippen LogP contribution in [0.15, 0.2) is 44.0 Å². The highest BCUT2D eigenvalue weighted by Gasteiger charge is 2.45. The van der Waals surface area contributed by atoms with Crippen LogP contribution in [0.3, 0.4) is 0 Å². The number of halogens is 2. The molecule has 0 fully saturated rings. The van der Waals surface area contributed by atoms with Gasteiger partial charge in [-0.25, -0.2) is 4.98 Å². The fourth-order valence-corrected chi connectivity index (χ4v) is 5.80. The molecule has 0 radical (unpaired) electrons. The second kappa shape index (κ2) is 8.47. The maximum absolute atomic E-state index is 13.7. The molecule has 5 rings (SSSR count). The van der Waals surface area contributed by atoms with E-state index in [4.69, 9.17) is 20.8 Å². The SMILES string of the molecule is COc1cc(C2c3c(oc4ccc(Cl)cc4c3=O)C(=O)N2c2nc(C)c(C(C)=O)s2)cc(Br)c1O. The maximum Gasteiger partial charge on any atom is 0.297 e. The molecule has 0 saturated carbocycles. The molecule has 1 unspecified atom stereocenters. The molecule has 4 aromatic rings. The van der Waals surface area contributed by atoms with E-state index in [1.807, 2.05) is 0 Å². The van der Waals surface area contributed by atoms with Crippen LogP contribution in [-0.2, 0) is 0 Å². The number of fused-ring (bicyclic) bond motifs is 2. The predicted octanol–water partition coefficient (Wildman–Crippen LogP) is 5.64. The molecule has 3 heterocycles. The van der Waals surface area contributed by atoms with Crippen molar-refractivity contribution in [3.8, 4) is 11.5 Å². The molecule has 1 aliphatic heterocycles. The van der Waals surface area contributed by atoms with Crippen molar-refractivity contribution in [1.29, 1.82) is 0 Å². The van der Waals surface area contributed by atoms with E-state index >= 15 is 0 Å². The molecule has 0 aliphatic carbocycles. The van der Waals surface area contributed by atoms with Gasteiger partial charge < -0.3 is 14.3 Å². The molecular formula is C24H16BrClN2O6S. The number of hydrogen-bond donors (Lipinski definition) is 1. The summed E-state index contributed by atoms with van der Waals surface area (Å²) in [7, 11) is 1.39. The maximum atomic E-state index is 13.7. The van der Waals surface area contributed by atoms with E-state index in [1.165, 1.54) is 37.1 Å². The normalized spacial score (nSPS) is 15.1. The Balaban J connectivity index is 1.84. The van der Waals surface area contributed by atoms with Crippen molar-refractivity contribution >= 4 is 66.7 Å². The van der Waals surface area contributed by atoms with Crippen LogP contribution in [0, 0.1) is 6.92 Å². The number of aromatic hydroxyl groups is 1. The topological polar surface area (TPSA) is 110 Å². The zero-order chi connectivity index (χ0) is 25.2. The molecule has 8 nitrogen and oxygen atoms in total. The minimum absolute atomic E-state index is 0.0987. The highest BCUT2D eigenvalue weighted by atomic mass is 79.9. The molecule has 1 N–H and O–H groups in total. The van der Waals surface area contributed by atoms with Crippen molar-refractivity contribution in [3.05, 3.63) is 77.5 Å². The van der Waals surface area contributed by atoms with Crippen LogP contribution in [0.25, 0.3) is 11.0 Å². The monoisotopic (exact) mass is 574 g/mol. The summed E-state index contributed by atoms with van der Waals surface area (Å²) in [4.78, 5) is 45.7. The van der Waals surface area contributed by atoms with Gasteiger partial charge in [0.05, 0.1) is 39.1 Å². The lowest BCUT2D eigenvalue weighted by Crippen LogP contribution is -2.29. The van der Waals surface area contributed by atoms with Crippen LogP contribution in [0.2, 0.25) is 5.02 Å². The first-order chi connectivity index (χ1) is 16.6. The molecule has 0 spiro atoms. The number of Topliss-reactive ketones (excluding diaryl/α,β-unsaturated/α-hetero) is 1. The number of phenolic OH excluding ortho intramolecular Hbond substituents is 1. The number of anilines is 1. The number of ketones is 1. The first-order valence-electron chi connectivity index (χ1n) is 10.3. The standard InChI is InChI=1S/C24H16BrClN2O6S/c1-9-22(10(2)29)35-24(27-9)28-18(11-6-14(25)20(31)16(7-11)33-3)17-19(30)13-8-12(26)4-5-15(13)34-21(17)23(28)32/h4-8,18,31H,1-3H3. The summed E-state index contributed by atoms with van der Waals surface area (Å²) in [6.07, 6.45) is 0. The summed E-state index contributed by atoms with van der Waals surface area (Å²) in [5, 5.41) is 11.1. The van der Waals surface area contributed by atoms with Gasteiger partial charge in [0.2, 0.25) is 5.76 Å². The third-order valence-electron chi connectivity index (χ3n) is 5.73. The Morgan fingerprint density at radius 3 is 2.69 bits per heavy atom. The van der Waals surface area contributed by atoms with E-state index < -0.39 is 17.4 Å². The third-order valence-corrected chi connectivity index (χ3v) is 7.83. The first kappa shape index (κ1) is 23.5. The van der Waals surface area contributed by atoms with E-state index in [0.717, 1.165) is 11.3 Å². The van der Waals surface area contributed by atoms with Gasteiger partial charge in [0.15, 0.2) is 27.8 Å². The molecule has 1 atom stereocenters. The van der Waals surface area contributed by atoms with Gasteiger partial charge in [-0.15, -0.1) is 0 Å². The van der Waals surface area contributed by atoms with Crippen molar-refractivity contribution in [3.63, 3.8) is 0 Å². The molecule has 2 aromatic heterocycles. The van der Waals surface area contributed by atoms with E-state index in [0.29, 0.717) is 25.6 Å². The third kappa shape index (κ3) is 3.64. The van der Waals surface area contributed by atoms with E-state index in [9.17, 15) is 19.5 Å². The highest BCUT2D eigenvalue weighted by Crippen LogP contribution is 2.46. The number of benzene rings is 2. The fourth-order valence-electron chi connectivity index (χ4n) is 4.18. The lowest BCUT2D eigenvalue weighted by Gasteiger charge is -2.23. The molecule has 1 aliphatic rings. The zero-order valence-electron chi connectivity index (χ0n) is 18.5. The minimum atomic E-state index is -0.965. The number of carbonyl (C=O) groups excluding carboxylic acids is 2. The number of hydrogen-bond acceptors (Lipinski definition) is 8. The van der Waals surface area contributed by atoms with Crippen LogP contribution in [0.4, 0.5) is 5.13 Å². The van der Waals surface area contributed by atoms with Gasteiger partial charge in [-0.1, -0.05) is 22.9 Å². The van der Waals surface area contributed by atoms with Gasteiger partial charge in [-0.05, 0) is 58.7 Å². The number of rotatable bonds is 4. The van der Waals surface area contributed by atoms with Gasteiger partial charge in [-0.3, -0.25) is 19.3 Å². The van der Waals surface area contributed by atoms with Crippen LogP contribution in [-0.4, -0.2) is 28.9 Å². The molecule has 1 amide bonds. The van der Waals surface area contributed by atoms with Crippen molar-refractivity contribution < 1.29 is 23.8 Å². The van der Waals surface area contributed by atoms with Gasteiger partial charge in [-0.2, -0.15) is 0 Å². The zero-order valence-corrected chi connectivity index (χ0v) is 21.7. The van der Waals surface area contributed by atoms with Gasteiger partial charge in [0.25, 0.3) is 5.91 Å². The number of aromatic nitrogens is 1. The number of aryl methyl sites for hydroxylation is 1. The lowest BCUT2D eigenvalue weighted by atomic mass is 9.98. The number of amides is 1. The average Bonchev–Trinajstić information content (AvgIpc) is 3.34. The average molecular weight is 576 g/mol. The Hall–Kier alpha value is -3.21. The summed E-state index contributed by atoms with van der Waals surface area (Å²) >= 11 is 10.5. The Morgan fingerprint density at radius 1 is 1.29 bits per heavy atom. The van der Waals surface area contributed by atoms with E-state index in [2.05, 4.69) is 20.9 Å². The quantitative estimate of drug-likeness (QED) is 0.314. The molecule has 35 heavy (non-hydrogen) atoms. The summed E-state index contributed by atoms with van der Waals surface area (Å²) in [5.41, 5.74) is 0.830. The predicted molar refractivity (Wildman–Crippen MR) is 135 cm³/mol. The van der Waals surface area contributed by atoms with E-state index in [-0.39, 0.29) is 44.7 Å². The summed E-state index contributed by atoms with van der Waals surface area (Å²) in [6.45, 7) is 3.10. The molecular weight excluding hydrogens is 560 g/mol. The Bertz CT molecular complexity index is 1630. The van der Waals surface area contributed by atoms with Crippen LogP contribution < -0.4 is 15.1 Å². The summed E-state index contributed by atoms with van der Waals surface area (Å²) in [5.74, 6) is -0.881. The molecule has 178 valence electrons. The van der Waals surface area contributed by atoms with E-state index in [1.54, 1.807) is 19.1 Å². The van der Waals surface area contributed by atoms with Crippen LogP contribution >= 0.6 is 38.9 Å². The van der Waals surface area contributed by atoms with Gasteiger partial charge >= 0.3 is 0 Å². The summed E-state index contributed by atoms with van der Waals surface area (Å²) in [6, 6.07) is 6.75. The minimum Gasteiger partial charge on any atom is -0.503 e. The second-order valence-electron chi connectivity index (χ2n) is 7.91. The first-order valence-corrected chi connectivity index (χ1v) is 12.3. The molecule has 0 bridgehead atoms. The van der Waals surface area contributed by atoms with Crippen molar-refractivity contribution in [2.24, 2.45) is 0 Å². The Kier molecular flexibility index (Phi) is 5.70. The van der Waals surface area contributed by atoms with Crippen LogP contribution in [0.1, 0.15) is 50.0 Å². The highest BCUT2D eigenvalue weighted by molar-refractivity contribution is 9.10. The van der Waals surface area contributed by atoms with Crippen LogP contribution in [0.5, 0.6) is 11.5 Å². The van der Waals surface area contributed by atoms with Crippen molar-refractivity contribution in [1.82, 2.24) is 4.98 Å². The number of phenols is 1. The smallest absolute Gasteiger partial charge is 0.297 e. The van der Waals surface area contributed by atoms with Crippen molar-refractivity contribution in [2.45, 2.75) is 19.9 Å². The largest absolute Gasteiger partial charge is 0.503 e. The van der Waals surface area contributed by atoms with Crippen molar-refractivity contribution in [2.75, 3.05) is 12.0 Å². The molecule has 11 heteroatoms. The lowest BCUT2D eigenvalue weighted by molar-refractivity contribution is 0.0969. The summed E-state index contributed by atoms with van der Waals surface area (Å²) < 4.78 is 11.5. The number of nitrogens with zero attached hydrogens (tertiary/aromatic N) is 2. The molecule has 0 saturated heterocycles. The number of carbonyl (C=O) groups is 2. The van der Waals surface area contributed by atoms with Gasteiger partial charge in [0, 0.05) is 11.9 Å². The number of ether oxygens (including phenoxy) is 1. The van der Waals surface area contributed by atoms with Gasteiger partial charge in [0.1, 0.15) is 5.58 Å². The number of methoxy groups -OCH3 is 1. The molecule has 2 aromatic carbocycles. The number of thiazole rings is 1. The Morgan fingerprint density at radius 2 is 2.03 bits per heavy atom. The fraction of sp³-hybridized carbons (Fsp3) is 0.167.